The van der Waals surface area contributed by atoms with Crippen molar-refractivity contribution in [3.8, 4) is 0 Å². The van der Waals surface area contributed by atoms with Crippen LogP contribution in [0.25, 0.3) is 0 Å². The molecule has 1 unspecified atom stereocenters. The van der Waals surface area contributed by atoms with Crippen LogP contribution in [0.4, 0.5) is 0 Å². The van der Waals surface area contributed by atoms with E-state index >= 15 is 0 Å². The van der Waals surface area contributed by atoms with Crippen LogP contribution in [-0.2, 0) is 0 Å². The third kappa shape index (κ3) is 1.15. The zero-order valence-electron chi connectivity index (χ0n) is 6.06. The van der Waals surface area contributed by atoms with E-state index in [-0.39, 0.29) is 0 Å². The summed E-state index contributed by atoms with van der Waals surface area (Å²) in [6, 6.07) is 0. The minimum atomic E-state index is 0.565. The second-order valence-corrected chi connectivity index (χ2v) is 2.85. The van der Waals surface area contributed by atoms with Crippen LogP contribution in [0.1, 0.15) is 6.42 Å². The normalized spacial score (nSPS) is 35.4. The van der Waals surface area contributed by atoms with E-state index in [0.717, 1.165) is 26.3 Å². The van der Waals surface area contributed by atoms with Gasteiger partial charge in [0.1, 0.15) is 0 Å². The van der Waals surface area contributed by atoms with E-state index in [9.17, 15) is 0 Å². The van der Waals surface area contributed by atoms with Crippen LogP contribution in [0, 0.1) is 0 Å². The second-order valence-electron chi connectivity index (χ2n) is 2.85. The highest BCUT2D eigenvalue weighted by Gasteiger charge is 2.23. The maximum absolute atomic E-state index is 3.37. The highest BCUT2D eigenvalue weighted by molar-refractivity contribution is 4.77. The molecule has 2 heterocycles. The van der Waals surface area contributed by atoms with Crippen LogP contribution in [0.2, 0.25) is 0 Å². The molecule has 4 nitrogen and oxygen atoms in total. The fourth-order valence-electron chi connectivity index (χ4n) is 1.54. The lowest BCUT2D eigenvalue weighted by atomic mass is 10.3. The van der Waals surface area contributed by atoms with Crippen molar-refractivity contribution in [1.29, 1.82) is 0 Å². The molecule has 0 radical (unpaired) electrons. The van der Waals surface area contributed by atoms with Gasteiger partial charge in [0.25, 0.3) is 0 Å². The van der Waals surface area contributed by atoms with Crippen molar-refractivity contribution in [3.63, 3.8) is 0 Å². The van der Waals surface area contributed by atoms with Gasteiger partial charge in [0.05, 0.1) is 12.8 Å². The summed E-state index contributed by atoms with van der Waals surface area (Å²) in [5.41, 5.74) is 6.37. The number of nitrogens with zero attached hydrogens (tertiary/aromatic N) is 1. The molecular formula is C6H14N4. The van der Waals surface area contributed by atoms with E-state index in [4.69, 9.17) is 0 Å². The Hall–Kier alpha value is -0.160. The molecule has 0 aliphatic carbocycles. The maximum Gasteiger partial charge on any atom is 0.0752 e. The molecule has 0 aromatic rings. The first-order chi connectivity index (χ1) is 4.97. The molecule has 4 heteroatoms. The van der Waals surface area contributed by atoms with Crippen molar-refractivity contribution in [2.75, 3.05) is 26.3 Å². The largest absolute Gasteiger partial charge is 0.315 e. The van der Waals surface area contributed by atoms with Crippen molar-refractivity contribution in [1.82, 2.24) is 21.1 Å². The number of hydrogen-bond acceptors (Lipinski definition) is 4. The molecule has 2 fully saturated rings. The molecule has 0 bridgehead atoms. The second kappa shape index (κ2) is 2.84. The molecule has 2 saturated heterocycles. The SMILES string of the molecule is C1CC2NNCN2CCN1. The Kier molecular flexibility index (Phi) is 1.86. The summed E-state index contributed by atoms with van der Waals surface area (Å²) >= 11 is 0. The Morgan fingerprint density at radius 3 is 3.30 bits per heavy atom. The standard InChI is InChI=1S/C6H14N4/c1-2-7-3-4-10-5-8-9-6(1)10/h6-9H,1-5H2. The van der Waals surface area contributed by atoms with Gasteiger partial charge in [0, 0.05) is 13.1 Å². The summed E-state index contributed by atoms with van der Waals surface area (Å²) in [6.07, 6.45) is 1.77. The number of hydrogen-bond donors (Lipinski definition) is 3. The Labute approximate surface area is 60.9 Å². The topological polar surface area (TPSA) is 39.3 Å². The molecule has 2 rings (SSSR count). The molecule has 2 aliphatic heterocycles. The van der Waals surface area contributed by atoms with Gasteiger partial charge >= 0.3 is 0 Å². The average Bonchev–Trinajstić information content (AvgIpc) is 2.28. The van der Waals surface area contributed by atoms with E-state index < -0.39 is 0 Å². The fourth-order valence-corrected chi connectivity index (χ4v) is 1.54. The smallest absolute Gasteiger partial charge is 0.0752 e. The number of fused-ring (bicyclic) bond motifs is 1. The Morgan fingerprint density at radius 2 is 2.30 bits per heavy atom. The molecule has 0 spiro atoms. The van der Waals surface area contributed by atoms with Gasteiger partial charge in [-0.25, -0.2) is 10.9 Å². The van der Waals surface area contributed by atoms with Crippen LogP contribution in [-0.4, -0.2) is 37.4 Å². The predicted octanol–water partition coefficient (Wildman–Crippen LogP) is -1.33. The van der Waals surface area contributed by atoms with Crippen molar-refractivity contribution >= 4 is 0 Å². The highest BCUT2D eigenvalue weighted by Crippen LogP contribution is 2.04. The van der Waals surface area contributed by atoms with Crippen molar-refractivity contribution in [2.24, 2.45) is 0 Å². The molecule has 3 N–H and O–H groups in total. The average molecular weight is 142 g/mol. The van der Waals surface area contributed by atoms with Crippen LogP contribution in [0.3, 0.4) is 0 Å². The Morgan fingerprint density at radius 1 is 1.30 bits per heavy atom. The van der Waals surface area contributed by atoms with Gasteiger partial charge in [0.2, 0.25) is 0 Å². The zero-order chi connectivity index (χ0) is 6.81. The van der Waals surface area contributed by atoms with Crippen LogP contribution in [0.15, 0.2) is 0 Å². The third-order valence-corrected chi connectivity index (χ3v) is 2.16. The van der Waals surface area contributed by atoms with Crippen LogP contribution in [0.5, 0.6) is 0 Å². The molecular weight excluding hydrogens is 128 g/mol. The first-order valence-electron chi connectivity index (χ1n) is 3.90. The Bertz CT molecular complexity index is 104. The fraction of sp³-hybridized carbons (Fsp3) is 1.00. The quantitative estimate of drug-likeness (QED) is 0.392. The van der Waals surface area contributed by atoms with Crippen molar-refractivity contribution < 1.29 is 0 Å². The third-order valence-electron chi connectivity index (χ3n) is 2.16. The van der Waals surface area contributed by atoms with Gasteiger partial charge < -0.3 is 5.32 Å². The van der Waals surface area contributed by atoms with Crippen LogP contribution >= 0.6 is 0 Å². The molecule has 0 aromatic carbocycles. The first-order valence-corrected chi connectivity index (χ1v) is 3.90. The van der Waals surface area contributed by atoms with Gasteiger partial charge in [-0.1, -0.05) is 0 Å². The first kappa shape index (κ1) is 6.54. The van der Waals surface area contributed by atoms with E-state index in [1.807, 2.05) is 0 Å². The van der Waals surface area contributed by atoms with Gasteiger partial charge in [-0.05, 0) is 13.0 Å². The molecule has 10 heavy (non-hydrogen) atoms. The van der Waals surface area contributed by atoms with Gasteiger partial charge in [-0.15, -0.1) is 0 Å². The summed E-state index contributed by atoms with van der Waals surface area (Å²) in [5, 5.41) is 3.37. The minimum Gasteiger partial charge on any atom is -0.315 e. The van der Waals surface area contributed by atoms with E-state index in [0.29, 0.717) is 6.17 Å². The van der Waals surface area contributed by atoms with E-state index in [1.165, 1.54) is 6.42 Å². The molecule has 58 valence electrons. The predicted molar refractivity (Wildman–Crippen MR) is 39.1 cm³/mol. The summed E-state index contributed by atoms with van der Waals surface area (Å²) in [7, 11) is 0. The maximum atomic E-state index is 3.37. The molecule has 1 atom stereocenters. The minimum absolute atomic E-state index is 0.565. The number of rotatable bonds is 0. The molecule has 2 aliphatic rings. The summed E-state index contributed by atoms with van der Waals surface area (Å²) in [4.78, 5) is 2.42. The van der Waals surface area contributed by atoms with E-state index in [1.54, 1.807) is 0 Å². The van der Waals surface area contributed by atoms with Gasteiger partial charge in [-0.3, -0.25) is 4.90 Å². The summed E-state index contributed by atoms with van der Waals surface area (Å²) < 4.78 is 0. The van der Waals surface area contributed by atoms with Gasteiger partial charge in [-0.2, -0.15) is 0 Å². The number of nitrogens with one attached hydrogen (secondary N) is 3. The van der Waals surface area contributed by atoms with Crippen molar-refractivity contribution in [3.05, 3.63) is 0 Å². The zero-order valence-corrected chi connectivity index (χ0v) is 6.06. The summed E-state index contributed by atoms with van der Waals surface area (Å²) in [6.45, 7) is 4.41. The monoisotopic (exact) mass is 142 g/mol. The molecule has 0 aromatic heterocycles. The lowest BCUT2D eigenvalue weighted by molar-refractivity contribution is 0.254. The summed E-state index contributed by atoms with van der Waals surface area (Å²) in [5.74, 6) is 0. The Balaban J connectivity index is 1.95. The van der Waals surface area contributed by atoms with Crippen LogP contribution < -0.4 is 16.2 Å². The molecule has 0 saturated carbocycles. The number of hydrazine groups is 1. The molecule has 0 amide bonds. The highest BCUT2D eigenvalue weighted by atomic mass is 15.6. The van der Waals surface area contributed by atoms with Crippen molar-refractivity contribution in [2.45, 2.75) is 12.6 Å². The van der Waals surface area contributed by atoms with Gasteiger partial charge in [0.15, 0.2) is 0 Å². The van der Waals surface area contributed by atoms with E-state index in [2.05, 4.69) is 21.1 Å². The lowest BCUT2D eigenvalue weighted by Crippen LogP contribution is -2.36. The lowest BCUT2D eigenvalue weighted by Gasteiger charge is -2.17.